The van der Waals surface area contributed by atoms with Gasteiger partial charge in [-0.3, -0.25) is 4.79 Å². The van der Waals surface area contributed by atoms with E-state index in [1.807, 2.05) is 30.3 Å². The second-order valence-corrected chi connectivity index (χ2v) is 5.10. The highest BCUT2D eigenvalue weighted by molar-refractivity contribution is 9.09. The van der Waals surface area contributed by atoms with Gasteiger partial charge in [0.2, 0.25) is 5.91 Å². The maximum Gasteiger partial charge on any atom is 0.410 e. The molecule has 1 fully saturated rings. The summed E-state index contributed by atoms with van der Waals surface area (Å²) in [6.07, 6.45) is -0.320. The molecule has 20 heavy (non-hydrogen) atoms. The molecular weight excluding hydrogens is 324 g/mol. The third kappa shape index (κ3) is 3.96. The molecule has 1 heterocycles. The van der Waals surface area contributed by atoms with Gasteiger partial charge in [-0.15, -0.1) is 0 Å². The molecule has 1 saturated heterocycles. The molecule has 108 valence electrons. The van der Waals surface area contributed by atoms with Crippen LogP contribution in [-0.2, 0) is 16.1 Å². The van der Waals surface area contributed by atoms with Crippen LogP contribution in [0.2, 0.25) is 0 Å². The normalized spacial score (nSPS) is 15.1. The first kappa shape index (κ1) is 14.8. The number of rotatable bonds is 3. The Morgan fingerprint density at radius 1 is 1.05 bits per heavy atom. The quantitative estimate of drug-likeness (QED) is 0.789. The van der Waals surface area contributed by atoms with Crippen molar-refractivity contribution < 1.29 is 14.3 Å². The van der Waals surface area contributed by atoms with Crippen molar-refractivity contribution in [1.82, 2.24) is 9.80 Å². The van der Waals surface area contributed by atoms with E-state index in [1.54, 1.807) is 9.80 Å². The van der Waals surface area contributed by atoms with Gasteiger partial charge in [-0.1, -0.05) is 46.3 Å². The summed E-state index contributed by atoms with van der Waals surface area (Å²) in [5.41, 5.74) is 0.967. The lowest BCUT2D eigenvalue weighted by Crippen LogP contribution is -2.51. The van der Waals surface area contributed by atoms with E-state index in [1.165, 1.54) is 0 Å². The predicted molar refractivity (Wildman–Crippen MR) is 78.6 cm³/mol. The van der Waals surface area contributed by atoms with Gasteiger partial charge >= 0.3 is 6.09 Å². The van der Waals surface area contributed by atoms with Crippen molar-refractivity contribution in [3.05, 3.63) is 35.9 Å². The van der Waals surface area contributed by atoms with E-state index in [9.17, 15) is 9.59 Å². The zero-order valence-electron chi connectivity index (χ0n) is 11.1. The van der Waals surface area contributed by atoms with Crippen molar-refractivity contribution in [3.63, 3.8) is 0 Å². The lowest BCUT2D eigenvalue weighted by atomic mass is 10.2. The fraction of sp³-hybridized carbons (Fsp3) is 0.429. The maximum absolute atomic E-state index is 11.9. The molecule has 0 bridgehead atoms. The predicted octanol–water partition coefficient (Wildman–Crippen LogP) is 1.86. The average molecular weight is 341 g/mol. The molecule has 5 nitrogen and oxygen atoms in total. The summed E-state index contributed by atoms with van der Waals surface area (Å²) < 4.78 is 5.26. The number of hydrogen-bond acceptors (Lipinski definition) is 3. The first-order valence-electron chi connectivity index (χ1n) is 6.50. The molecule has 1 aromatic rings. The van der Waals surface area contributed by atoms with E-state index in [-0.39, 0.29) is 18.6 Å². The summed E-state index contributed by atoms with van der Waals surface area (Å²) in [4.78, 5) is 26.8. The van der Waals surface area contributed by atoms with Crippen LogP contribution in [0.5, 0.6) is 0 Å². The van der Waals surface area contributed by atoms with Gasteiger partial charge in [0.15, 0.2) is 0 Å². The topological polar surface area (TPSA) is 49.9 Å². The standard InChI is InChI=1S/C14H17BrN2O3/c15-10-13(18)16-6-8-17(9-7-16)14(19)20-11-12-4-2-1-3-5-12/h1-5H,6-11H2. The van der Waals surface area contributed by atoms with Gasteiger partial charge in [-0.25, -0.2) is 4.79 Å². The zero-order valence-corrected chi connectivity index (χ0v) is 12.7. The fourth-order valence-corrected chi connectivity index (χ4v) is 2.39. The molecule has 0 saturated carbocycles. The number of nitrogens with zero attached hydrogens (tertiary/aromatic N) is 2. The molecule has 0 aliphatic carbocycles. The minimum Gasteiger partial charge on any atom is -0.445 e. The number of carbonyl (C=O) groups is 2. The number of benzene rings is 1. The second kappa shape index (κ2) is 7.28. The Labute approximate surface area is 126 Å². The summed E-state index contributed by atoms with van der Waals surface area (Å²) in [5.74, 6) is 0.0577. The molecule has 0 aromatic heterocycles. The SMILES string of the molecule is O=C(CBr)N1CCN(C(=O)OCc2ccccc2)CC1. The Bertz CT molecular complexity index is 459. The summed E-state index contributed by atoms with van der Waals surface area (Å²) in [5, 5.41) is 0.325. The first-order chi connectivity index (χ1) is 9.70. The molecule has 0 N–H and O–H groups in total. The van der Waals surface area contributed by atoms with Gasteiger partial charge in [0, 0.05) is 26.2 Å². The van der Waals surface area contributed by atoms with Gasteiger partial charge in [0.1, 0.15) is 6.61 Å². The third-order valence-corrected chi connectivity index (χ3v) is 3.69. The number of ether oxygens (including phenoxy) is 1. The van der Waals surface area contributed by atoms with E-state index in [4.69, 9.17) is 4.74 Å². The molecule has 0 spiro atoms. The van der Waals surface area contributed by atoms with Crippen LogP contribution in [0.25, 0.3) is 0 Å². The average Bonchev–Trinajstić information content (AvgIpc) is 2.53. The Morgan fingerprint density at radius 2 is 1.65 bits per heavy atom. The molecule has 2 rings (SSSR count). The van der Waals surface area contributed by atoms with Crippen LogP contribution in [0.4, 0.5) is 4.79 Å². The van der Waals surface area contributed by atoms with E-state index < -0.39 is 0 Å². The number of piperazine rings is 1. The monoisotopic (exact) mass is 340 g/mol. The molecule has 0 atom stereocenters. The van der Waals surface area contributed by atoms with Crippen LogP contribution in [0, 0.1) is 0 Å². The van der Waals surface area contributed by atoms with Crippen molar-refractivity contribution in [2.24, 2.45) is 0 Å². The lowest BCUT2D eigenvalue weighted by Gasteiger charge is -2.33. The first-order valence-corrected chi connectivity index (χ1v) is 7.62. The van der Waals surface area contributed by atoms with Crippen LogP contribution in [0.3, 0.4) is 0 Å². The summed E-state index contributed by atoms with van der Waals surface area (Å²) in [7, 11) is 0. The Hall–Kier alpha value is -1.56. The van der Waals surface area contributed by atoms with Gasteiger partial charge in [0.05, 0.1) is 5.33 Å². The second-order valence-electron chi connectivity index (χ2n) is 4.54. The zero-order chi connectivity index (χ0) is 14.4. The number of hydrogen-bond donors (Lipinski definition) is 0. The highest BCUT2D eigenvalue weighted by Gasteiger charge is 2.24. The summed E-state index contributed by atoms with van der Waals surface area (Å²) in [6.45, 7) is 2.44. The third-order valence-electron chi connectivity index (χ3n) is 3.21. The molecule has 1 aromatic carbocycles. The molecular formula is C14H17BrN2O3. The van der Waals surface area contributed by atoms with Gasteiger partial charge in [-0.05, 0) is 5.56 Å². The van der Waals surface area contributed by atoms with Crippen LogP contribution in [-0.4, -0.2) is 53.3 Å². The van der Waals surface area contributed by atoms with Crippen molar-refractivity contribution in [3.8, 4) is 0 Å². The van der Waals surface area contributed by atoms with E-state index in [2.05, 4.69) is 15.9 Å². The van der Waals surface area contributed by atoms with E-state index in [0.717, 1.165) is 5.56 Å². The van der Waals surface area contributed by atoms with Crippen molar-refractivity contribution in [2.75, 3.05) is 31.5 Å². The number of halogens is 1. The molecule has 0 unspecified atom stereocenters. The summed E-state index contributed by atoms with van der Waals surface area (Å²) >= 11 is 3.15. The Kier molecular flexibility index (Phi) is 5.40. The highest BCUT2D eigenvalue weighted by Crippen LogP contribution is 2.07. The minimum absolute atomic E-state index is 0.0577. The molecule has 0 radical (unpaired) electrons. The van der Waals surface area contributed by atoms with Crippen molar-refractivity contribution >= 4 is 27.9 Å². The van der Waals surface area contributed by atoms with Gasteiger partial charge in [-0.2, -0.15) is 0 Å². The maximum atomic E-state index is 11.9. The lowest BCUT2D eigenvalue weighted by molar-refractivity contribution is -0.129. The van der Waals surface area contributed by atoms with Crippen molar-refractivity contribution in [1.29, 1.82) is 0 Å². The van der Waals surface area contributed by atoms with Crippen LogP contribution in [0.15, 0.2) is 30.3 Å². The van der Waals surface area contributed by atoms with Crippen LogP contribution < -0.4 is 0 Å². The van der Waals surface area contributed by atoms with E-state index in [0.29, 0.717) is 31.5 Å². The van der Waals surface area contributed by atoms with E-state index >= 15 is 0 Å². The molecule has 1 aliphatic heterocycles. The molecule has 1 aliphatic rings. The number of amides is 2. The minimum atomic E-state index is -0.320. The Morgan fingerprint density at radius 3 is 2.25 bits per heavy atom. The number of alkyl halides is 1. The molecule has 6 heteroatoms. The largest absolute Gasteiger partial charge is 0.445 e. The Balaban J connectivity index is 1.76. The van der Waals surface area contributed by atoms with Gasteiger partial charge < -0.3 is 14.5 Å². The number of carbonyl (C=O) groups excluding carboxylic acids is 2. The van der Waals surface area contributed by atoms with Crippen molar-refractivity contribution in [2.45, 2.75) is 6.61 Å². The smallest absolute Gasteiger partial charge is 0.410 e. The molecule has 2 amide bonds. The van der Waals surface area contributed by atoms with Crippen LogP contribution in [0.1, 0.15) is 5.56 Å². The van der Waals surface area contributed by atoms with Gasteiger partial charge in [0.25, 0.3) is 0 Å². The van der Waals surface area contributed by atoms with Crippen LogP contribution >= 0.6 is 15.9 Å². The summed E-state index contributed by atoms with van der Waals surface area (Å²) in [6, 6.07) is 9.58. The fourth-order valence-electron chi connectivity index (χ4n) is 2.03. The highest BCUT2D eigenvalue weighted by atomic mass is 79.9.